The van der Waals surface area contributed by atoms with Gasteiger partial charge >= 0.3 is 4.87 Å². The van der Waals surface area contributed by atoms with Gasteiger partial charge in [-0.15, -0.1) is 0 Å². The molecule has 1 aliphatic heterocycles. The molecule has 0 saturated carbocycles. The number of fused-ring (bicyclic) bond motifs is 1. The van der Waals surface area contributed by atoms with Gasteiger partial charge in [0.05, 0.1) is 22.2 Å². The molecule has 1 saturated heterocycles. The van der Waals surface area contributed by atoms with E-state index in [0.717, 1.165) is 28.3 Å². The molecular weight excluding hydrogens is 398 g/mol. The molecule has 0 N–H and O–H groups in total. The van der Waals surface area contributed by atoms with E-state index in [1.54, 1.807) is 32.4 Å². The zero-order chi connectivity index (χ0) is 19.9. The van der Waals surface area contributed by atoms with E-state index < -0.39 is 10.0 Å². The van der Waals surface area contributed by atoms with Crippen LogP contribution in [0, 0.1) is 0 Å². The second-order valence-corrected chi connectivity index (χ2v) is 9.58. The maximum Gasteiger partial charge on any atom is 0.307 e. The third-order valence-corrected chi connectivity index (χ3v) is 7.97. The Balaban J connectivity index is 1.52. The van der Waals surface area contributed by atoms with Crippen molar-refractivity contribution in [1.82, 2.24) is 8.87 Å². The molecule has 28 heavy (non-hydrogen) atoms. The van der Waals surface area contributed by atoms with Crippen LogP contribution in [0.3, 0.4) is 0 Å². The molecule has 4 rings (SSSR count). The summed E-state index contributed by atoms with van der Waals surface area (Å²) in [7, 11) is -0.274. The molecule has 3 aromatic rings. The summed E-state index contributed by atoms with van der Waals surface area (Å²) in [6.07, 6.45) is 0. The minimum Gasteiger partial charge on any atom is -0.497 e. The zero-order valence-corrected chi connectivity index (χ0v) is 17.3. The number of piperazine rings is 1. The molecule has 148 valence electrons. The maximum atomic E-state index is 13.1. The van der Waals surface area contributed by atoms with Gasteiger partial charge in [0.25, 0.3) is 0 Å². The predicted molar refractivity (Wildman–Crippen MR) is 111 cm³/mol. The van der Waals surface area contributed by atoms with Crippen molar-refractivity contribution in [2.45, 2.75) is 4.90 Å². The summed E-state index contributed by atoms with van der Waals surface area (Å²) in [6, 6.07) is 12.7. The van der Waals surface area contributed by atoms with Crippen LogP contribution in [-0.4, -0.2) is 50.6 Å². The lowest BCUT2D eigenvalue weighted by molar-refractivity contribution is 0.385. The number of aromatic nitrogens is 1. The average Bonchev–Trinajstić information content (AvgIpc) is 3.01. The van der Waals surface area contributed by atoms with Crippen molar-refractivity contribution in [2.24, 2.45) is 7.05 Å². The molecule has 0 atom stereocenters. The van der Waals surface area contributed by atoms with Crippen molar-refractivity contribution < 1.29 is 13.2 Å². The third kappa shape index (κ3) is 3.30. The Morgan fingerprint density at radius 1 is 1.00 bits per heavy atom. The number of sulfonamides is 1. The number of ether oxygens (including phenoxy) is 1. The van der Waals surface area contributed by atoms with E-state index in [2.05, 4.69) is 4.90 Å². The molecule has 0 aliphatic carbocycles. The Labute approximate surface area is 167 Å². The summed E-state index contributed by atoms with van der Waals surface area (Å²) in [5.74, 6) is 0.795. The van der Waals surface area contributed by atoms with Gasteiger partial charge in [0, 0.05) is 38.9 Å². The van der Waals surface area contributed by atoms with E-state index in [1.165, 1.54) is 8.87 Å². The van der Waals surface area contributed by atoms with Crippen molar-refractivity contribution in [1.29, 1.82) is 0 Å². The normalized spacial score (nSPS) is 15.9. The number of aryl methyl sites for hydroxylation is 1. The summed E-state index contributed by atoms with van der Waals surface area (Å²) in [4.78, 5) is 14.1. The number of methoxy groups -OCH3 is 1. The molecule has 1 fully saturated rings. The van der Waals surface area contributed by atoms with Gasteiger partial charge in [-0.1, -0.05) is 11.3 Å². The van der Waals surface area contributed by atoms with Crippen LogP contribution >= 0.6 is 11.3 Å². The fourth-order valence-corrected chi connectivity index (χ4v) is 5.85. The smallest absolute Gasteiger partial charge is 0.307 e. The highest BCUT2D eigenvalue weighted by Crippen LogP contribution is 2.26. The second kappa shape index (κ2) is 7.23. The molecule has 2 aromatic carbocycles. The second-order valence-electron chi connectivity index (χ2n) is 6.65. The van der Waals surface area contributed by atoms with Gasteiger partial charge in [-0.05, 0) is 42.5 Å². The van der Waals surface area contributed by atoms with Crippen molar-refractivity contribution >= 4 is 37.3 Å². The molecule has 0 amide bonds. The number of benzene rings is 2. The predicted octanol–water partition coefficient (Wildman–Crippen LogP) is 2.12. The van der Waals surface area contributed by atoms with Crippen LogP contribution in [0.4, 0.5) is 5.69 Å². The number of hydrogen-bond donors (Lipinski definition) is 0. The number of rotatable bonds is 4. The minimum absolute atomic E-state index is 0.0994. The first-order valence-corrected chi connectivity index (χ1v) is 11.1. The van der Waals surface area contributed by atoms with Gasteiger partial charge in [-0.25, -0.2) is 8.42 Å². The number of nitrogens with zero attached hydrogens (tertiary/aromatic N) is 3. The van der Waals surface area contributed by atoms with Gasteiger partial charge in [0.2, 0.25) is 10.0 Å². The van der Waals surface area contributed by atoms with Crippen molar-refractivity contribution in [3.63, 3.8) is 0 Å². The van der Waals surface area contributed by atoms with Crippen LogP contribution in [0.2, 0.25) is 0 Å². The van der Waals surface area contributed by atoms with Crippen LogP contribution in [-0.2, 0) is 17.1 Å². The molecule has 2 heterocycles. The highest BCUT2D eigenvalue weighted by molar-refractivity contribution is 7.89. The Morgan fingerprint density at radius 2 is 1.68 bits per heavy atom. The Bertz CT molecular complexity index is 1160. The van der Waals surface area contributed by atoms with Crippen LogP contribution in [0.15, 0.2) is 52.2 Å². The fourth-order valence-electron chi connectivity index (χ4n) is 3.40. The number of anilines is 1. The third-order valence-electron chi connectivity index (χ3n) is 5.08. The van der Waals surface area contributed by atoms with E-state index >= 15 is 0 Å². The van der Waals surface area contributed by atoms with Crippen LogP contribution in [0.25, 0.3) is 10.2 Å². The first-order valence-electron chi connectivity index (χ1n) is 8.89. The Morgan fingerprint density at radius 3 is 2.32 bits per heavy atom. The maximum absolute atomic E-state index is 13.1. The van der Waals surface area contributed by atoms with Gasteiger partial charge in [0.15, 0.2) is 0 Å². The quantitative estimate of drug-likeness (QED) is 0.648. The highest BCUT2D eigenvalue weighted by Gasteiger charge is 2.29. The van der Waals surface area contributed by atoms with E-state index in [4.69, 9.17) is 4.74 Å². The fraction of sp³-hybridized carbons (Fsp3) is 0.316. The van der Waals surface area contributed by atoms with E-state index in [1.807, 2.05) is 24.3 Å². The van der Waals surface area contributed by atoms with Gasteiger partial charge < -0.3 is 14.2 Å². The first-order chi connectivity index (χ1) is 13.4. The standard InChI is InChI=1S/C19H21N3O4S2/c1-20-17-8-7-16(13-18(17)27-19(20)23)28(24,25)22-11-9-21(10-12-22)14-3-5-15(26-2)6-4-14/h3-8,13H,9-12H2,1-2H3. The van der Waals surface area contributed by atoms with E-state index in [-0.39, 0.29) is 9.77 Å². The molecule has 0 unspecified atom stereocenters. The lowest BCUT2D eigenvalue weighted by atomic mass is 10.2. The molecule has 1 aromatic heterocycles. The topological polar surface area (TPSA) is 71.8 Å². The van der Waals surface area contributed by atoms with Crippen LogP contribution < -0.4 is 14.5 Å². The molecule has 0 bridgehead atoms. The summed E-state index contributed by atoms with van der Waals surface area (Å²) in [5.41, 5.74) is 1.80. The molecule has 0 radical (unpaired) electrons. The summed E-state index contributed by atoms with van der Waals surface area (Å²) in [6.45, 7) is 2.06. The minimum atomic E-state index is -3.59. The summed E-state index contributed by atoms with van der Waals surface area (Å²) < 4.78 is 35.0. The van der Waals surface area contributed by atoms with E-state index in [9.17, 15) is 13.2 Å². The zero-order valence-electron chi connectivity index (χ0n) is 15.7. The average molecular weight is 420 g/mol. The van der Waals surface area contributed by atoms with E-state index in [0.29, 0.717) is 30.9 Å². The lowest BCUT2D eigenvalue weighted by Crippen LogP contribution is -2.48. The largest absolute Gasteiger partial charge is 0.497 e. The monoisotopic (exact) mass is 419 g/mol. The van der Waals surface area contributed by atoms with Gasteiger partial charge in [-0.3, -0.25) is 4.79 Å². The van der Waals surface area contributed by atoms with Gasteiger partial charge in [0.1, 0.15) is 5.75 Å². The van der Waals surface area contributed by atoms with Crippen LogP contribution in [0.1, 0.15) is 0 Å². The number of thiazole rings is 1. The first kappa shape index (κ1) is 19.0. The summed E-state index contributed by atoms with van der Waals surface area (Å²) in [5, 5.41) is 0. The molecule has 9 heteroatoms. The lowest BCUT2D eigenvalue weighted by Gasteiger charge is -2.35. The molecular formula is C19H21N3O4S2. The Hall–Kier alpha value is -2.36. The van der Waals surface area contributed by atoms with Crippen LogP contribution in [0.5, 0.6) is 5.75 Å². The Kier molecular flexibility index (Phi) is 4.90. The number of hydrogen-bond acceptors (Lipinski definition) is 6. The van der Waals surface area contributed by atoms with Crippen molar-refractivity contribution in [2.75, 3.05) is 38.2 Å². The highest BCUT2D eigenvalue weighted by atomic mass is 32.2. The SMILES string of the molecule is COc1ccc(N2CCN(S(=O)(=O)c3ccc4c(c3)sc(=O)n4C)CC2)cc1. The van der Waals surface area contributed by atoms with Gasteiger partial charge in [-0.2, -0.15) is 4.31 Å². The summed E-state index contributed by atoms with van der Waals surface area (Å²) >= 11 is 1.06. The molecule has 0 spiro atoms. The van der Waals surface area contributed by atoms with Crippen molar-refractivity contribution in [3.05, 3.63) is 52.1 Å². The van der Waals surface area contributed by atoms with Crippen molar-refractivity contribution in [3.8, 4) is 5.75 Å². The molecule has 1 aliphatic rings. The molecule has 7 nitrogen and oxygen atoms in total.